The van der Waals surface area contributed by atoms with E-state index < -0.39 is 18.0 Å². The molecule has 2 amide bonds. The van der Waals surface area contributed by atoms with Crippen molar-refractivity contribution in [2.75, 3.05) is 7.05 Å². The molecule has 0 fully saturated rings. The molecule has 1 atom stereocenters. The number of benzene rings is 1. The lowest BCUT2D eigenvalue weighted by molar-refractivity contribution is -0.139. The van der Waals surface area contributed by atoms with Gasteiger partial charge in [0.25, 0.3) is 0 Å². The van der Waals surface area contributed by atoms with E-state index in [9.17, 15) is 9.59 Å². The summed E-state index contributed by atoms with van der Waals surface area (Å²) in [5, 5.41) is 11.9. The van der Waals surface area contributed by atoms with E-state index in [1.54, 1.807) is 31.3 Å². The maximum absolute atomic E-state index is 11.9. The van der Waals surface area contributed by atoms with E-state index in [4.69, 9.17) is 23.1 Å². The first-order valence-corrected chi connectivity index (χ1v) is 6.24. The third-order valence-corrected chi connectivity index (χ3v) is 2.85. The molecular formula is C14H15ClN2O3. The number of hydrogen-bond acceptors (Lipinski definition) is 2. The third-order valence-electron chi connectivity index (χ3n) is 2.60. The van der Waals surface area contributed by atoms with Gasteiger partial charge in [0.1, 0.15) is 6.04 Å². The third kappa shape index (κ3) is 4.82. The number of nitrogens with one attached hydrogen (secondary N) is 1. The van der Waals surface area contributed by atoms with E-state index in [-0.39, 0.29) is 6.42 Å². The smallest absolute Gasteiger partial charge is 0.327 e. The van der Waals surface area contributed by atoms with Crippen LogP contribution in [0.15, 0.2) is 24.3 Å². The number of nitrogens with zero attached hydrogens (tertiary/aromatic N) is 1. The van der Waals surface area contributed by atoms with Crippen LogP contribution in [0.25, 0.3) is 0 Å². The number of rotatable bonds is 5. The Morgan fingerprint density at radius 1 is 1.45 bits per heavy atom. The van der Waals surface area contributed by atoms with Crippen molar-refractivity contribution >= 4 is 23.6 Å². The number of halogens is 1. The highest BCUT2D eigenvalue weighted by Gasteiger charge is 2.20. The summed E-state index contributed by atoms with van der Waals surface area (Å²) in [5.74, 6) is 1.06. The van der Waals surface area contributed by atoms with Gasteiger partial charge in [-0.05, 0) is 17.7 Å². The van der Waals surface area contributed by atoms with Gasteiger partial charge in [-0.25, -0.2) is 9.59 Å². The van der Waals surface area contributed by atoms with E-state index in [0.717, 1.165) is 5.56 Å². The van der Waals surface area contributed by atoms with Crippen molar-refractivity contribution in [3.05, 3.63) is 34.9 Å². The van der Waals surface area contributed by atoms with Gasteiger partial charge in [0, 0.05) is 25.0 Å². The molecule has 0 saturated heterocycles. The molecular weight excluding hydrogens is 280 g/mol. The molecule has 6 heteroatoms. The second-order valence-electron chi connectivity index (χ2n) is 4.23. The van der Waals surface area contributed by atoms with Crippen LogP contribution in [0.1, 0.15) is 12.0 Å². The quantitative estimate of drug-likeness (QED) is 0.816. The van der Waals surface area contributed by atoms with Gasteiger partial charge >= 0.3 is 12.0 Å². The van der Waals surface area contributed by atoms with Crippen LogP contribution in [0.4, 0.5) is 4.79 Å². The molecule has 20 heavy (non-hydrogen) atoms. The van der Waals surface area contributed by atoms with Crippen LogP contribution in [0, 0.1) is 12.3 Å². The molecule has 0 spiro atoms. The summed E-state index contributed by atoms with van der Waals surface area (Å²) >= 11 is 5.77. The van der Waals surface area contributed by atoms with Gasteiger partial charge in [-0.1, -0.05) is 23.7 Å². The Labute approximate surface area is 122 Å². The highest BCUT2D eigenvalue weighted by atomic mass is 35.5. The van der Waals surface area contributed by atoms with Gasteiger partial charge in [0.2, 0.25) is 0 Å². The Kier molecular flexibility index (Phi) is 5.88. The summed E-state index contributed by atoms with van der Waals surface area (Å²) in [4.78, 5) is 24.1. The van der Waals surface area contributed by atoms with Gasteiger partial charge in [-0.15, -0.1) is 12.3 Å². The monoisotopic (exact) mass is 294 g/mol. The summed E-state index contributed by atoms with van der Waals surface area (Å²) in [6, 6.07) is 5.45. The minimum absolute atomic E-state index is 0.0597. The number of amides is 2. The van der Waals surface area contributed by atoms with E-state index in [1.165, 1.54) is 4.90 Å². The zero-order valence-corrected chi connectivity index (χ0v) is 11.7. The van der Waals surface area contributed by atoms with E-state index in [1.807, 2.05) is 0 Å². The molecule has 1 aromatic rings. The topological polar surface area (TPSA) is 69.6 Å². The van der Waals surface area contributed by atoms with Gasteiger partial charge in [-0.3, -0.25) is 0 Å². The molecule has 0 aromatic heterocycles. The molecule has 0 aliphatic heterocycles. The molecule has 106 valence electrons. The molecule has 0 aliphatic rings. The lowest BCUT2D eigenvalue weighted by Gasteiger charge is -2.20. The first kappa shape index (κ1) is 15.9. The Hall–Kier alpha value is -2.19. The molecule has 1 rings (SSSR count). The van der Waals surface area contributed by atoms with Gasteiger partial charge in [0.05, 0.1) is 0 Å². The summed E-state index contributed by atoms with van der Waals surface area (Å²) in [7, 11) is 1.57. The largest absolute Gasteiger partial charge is 0.480 e. The van der Waals surface area contributed by atoms with Crippen LogP contribution < -0.4 is 5.32 Å². The van der Waals surface area contributed by atoms with Crippen LogP contribution in [0.5, 0.6) is 0 Å². The highest BCUT2D eigenvalue weighted by Crippen LogP contribution is 2.11. The number of aliphatic carboxylic acids is 1. The van der Waals surface area contributed by atoms with Gasteiger partial charge < -0.3 is 15.3 Å². The average Bonchev–Trinajstić information content (AvgIpc) is 2.40. The maximum atomic E-state index is 11.9. The maximum Gasteiger partial charge on any atom is 0.327 e. The lowest BCUT2D eigenvalue weighted by atomic mass is 10.2. The number of carbonyl (C=O) groups excluding carboxylic acids is 1. The van der Waals surface area contributed by atoms with Crippen molar-refractivity contribution in [2.45, 2.75) is 19.0 Å². The Morgan fingerprint density at radius 3 is 2.55 bits per heavy atom. The Morgan fingerprint density at radius 2 is 2.05 bits per heavy atom. The molecule has 0 heterocycles. The average molecular weight is 295 g/mol. The van der Waals surface area contributed by atoms with Crippen LogP contribution in [-0.2, 0) is 11.3 Å². The second kappa shape index (κ2) is 7.41. The minimum Gasteiger partial charge on any atom is -0.480 e. The first-order valence-electron chi connectivity index (χ1n) is 5.86. The molecule has 0 saturated carbocycles. The molecule has 0 radical (unpaired) electrons. The Balaban J connectivity index is 2.60. The summed E-state index contributed by atoms with van der Waals surface area (Å²) < 4.78 is 0. The number of carbonyl (C=O) groups is 2. The summed E-state index contributed by atoms with van der Waals surface area (Å²) in [5.41, 5.74) is 0.885. The highest BCUT2D eigenvalue weighted by molar-refractivity contribution is 6.30. The Bertz CT molecular complexity index is 522. The second-order valence-corrected chi connectivity index (χ2v) is 4.67. The normalized spacial score (nSPS) is 11.2. The van der Waals surface area contributed by atoms with Crippen molar-refractivity contribution in [3.63, 3.8) is 0 Å². The number of carboxylic acids is 1. The predicted octanol–water partition coefficient (Wildman–Crippen LogP) is 1.96. The zero-order chi connectivity index (χ0) is 15.1. The van der Waals surface area contributed by atoms with Gasteiger partial charge in [0.15, 0.2) is 0 Å². The summed E-state index contributed by atoms with van der Waals surface area (Å²) in [6.07, 6.45) is 5.01. The molecule has 1 aromatic carbocycles. The van der Waals surface area contributed by atoms with Crippen molar-refractivity contribution in [1.82, 2.24) is 10.2 Å². The fourth-order valence-corrected chi connectivity index (χ4v) is 1.64. The predicted molar refractivity (Wildman–Crippen MR) is 76.3 cm³/mol. The molecule has 0 aliphatic carbocycles. The SMILES string of the molecule is C#CCC(NC(=O)N(C)Cc1ccc(Cl)cc1)C(=O)O. The fourth-order valence-electron chi connectivity index (χ4n) is 1.51. The van der Waals surface area contributed by atoms with Crippen molar-refractivity contribution < 1.29 is 14.7 Å². The molecule has 1 unspecified atom stereocenters. The molecule has 0 bridgehead atoms. The minimum atomic E-state index is -1.16. The first-order chi connectivity index (χ1) is 9.43. The molecule has 2 N–H and O–H groups in total. The van der Waals surface area contributed by atoms with Crippen LogP contribution in [0.2, 0.25) is 5.02 Å². The lowest BCUT2D eigenvalue weighted by Crippen LogP contribution is -2.46. The zero-order valence-electron chi connectivity index (χ0n) is 11.0. The summed E-state index contributed by atoms with van der Waals surface area (Å²) in [6.45, 7) is 0.339. The molecule has 5 nitrogen and oxygen atoms in total. The number of urea groups is 1. The fraction of sp³-hybridized carbons (Fsp3) is 0.286. The number of hydrogen-bond donors (Lipinski definition) is 2. The number of terminal acetylenes is 1. The van der Waals surface area contributed by atoms with Crippen LogP contribution in [0.3, 0.4) is 0 Å². The van der Waals surface area contributed by atoms with E-state index in [2.05, 4.69) is 11.2 Å². The number of carboxylic acid groups (broad SMARTS) is 1. The van der Waals surface area contributed by atoms with Gasteiger partial charge in [-0.2, -0.15) is 0 Å². The van der Waals surface area contributed by atoms with Crippen LogP contribution >= 0.6 is 11.6 Å². The van der Waals surface area contributed by atoms with E-state index in [0.29, 0.717) is 11.6 Å². The van der Waals surface area contributed by atoms with Crippen molar-refractivity contribution in [1.29, 1.82) is 0 Å². The van der Waals surface area contributed by atoms with Crippen molar-refractivity contribution in [3.8, 4) is 12.3 Å². The van der Waals surface area contributed by atoms with Crippen LogP contribution in [-0.4, -0.2) is 35.1 Å². The van der Waals surface area contributed by atoms with E-state index >= 15 is 0 Å². The standard InChI is InChI=1S/C14H15ClN2O3/c1-3-4-12(13(18)19)16-14(20)17(2)9-10-5-7-11(15)8-6-10/h1,5-8,12H,4,9H2,2H3,(H,16,20)(H,18,19). The van der Waals surface area contributed by atoms with Crippen molar-refractivity contribution in [2.24, 2.45) is 0 Å².